The first-order valence-electron chi connectivity index (χ1n) is 6.96. The first kappa shape index (κ1) is 17.3. The van der Waals surface area contributed by atoms with Crippen molar-refractivity contribution in [1.82, 2.24) is 5.32 Å². The summed E-state index contributed by atoms with van der Waals surface area (Å²) in [5, 5.41) is 12.1. The molecule has 0 spiro atoms. The lowest BCUT2D eigenvalue weighted by Crippen LogP contribution is -2.44. The quantitative estimate of drug-likeness (QED) is 0.844. The van der Waals surface area contributed by atoms with Gasteiger partial charge in [0.05, 0.1) is 14.2 Å². The Balaban J connectivity index is 2.96. The number of nitrogens with one attached hydrogen (secondary N) is 1. The normalized spacial score (nSPS) is 12.7. The van der Waals surface area contributed by atoms with E-state index in [1.165, 1.54) is 0 Å². The molecule has 0 aliphatic carbocycles. The van der Waals surface area contributed by atoms with Gasteiger partial charge in [-0.2, -0.15) is 0 Å². The van der Waals surface area contributed by atoms with E-state index in [2.05, 4.69) is 5.32 Å². The smallest absolute Gasteiger partial charge is 0.251 e. The van der Waals surface area contributed by atoms with Crippen LogP contribution in [0.2, 0.25) is 0 Å². The van der Waals surface area contributed by atoms with Gasteiger partial charge in [-0.25, -0.2) is 0 Å². The van der Waals surface area contributed by atoms with Crippen LogP contribution >= 0.6 is 0 Å². The molecular formula is C16H25NO4. The van der Waals surface area contributed by atoms with Crippen LogP contribution in [-0.2, 0) is 0 Å². The Labute approximate surface area is 126 Å². The average molecular weight is 295 g/mol. The second-order valence-corrected chi connectivity index (χ2v) is 6.01. The molecule has 0 aliphatic heterocycles. The molecule has 1 unspecified atom stereocenters. The number of hydrogen-bond donors (Lipinski definition) is 2. The Morgan fingerprint density at radius 1 is 1.19 bits per heavy atom. The van der Waals surface area contributed by atoms with Crippen molar-refractivity contribution in [3.8, 4) is 11.5 Å². The van der Waals surface area contributed by atoms with Crippen molar-refractivity contribution in [2.75, 3.05) is 20.8 Å². The Kier molecular flexibility index (Phi) is 6.03. The maximum atomic E-state index is 12.4. The molecule has 0 heterocycles. The number of carbonyl (C=O) groups is 1. The first-order valence-corrected chi connectivity index (χ1v) is 6.96. The van der Waals surface area contributed by atoms with E-state index in [4.69, 9.17) is 14.6 Å². The highest BCUT2D eigenvalue weighted by molar-refractivity contribution is 5.95. The van der Waals surface area contributed by atoms with Gasteiger partial charge in [-0.15, -0.1) is 0 Å². The summed E-state index contributed by atoms with van der Waals surface area (Å²) in [7, 11) is 3.08. The van der Waals surface area contributed by atoms with Gasteiger partial charge in [-0.3, -0.25) is 4.79 Å². The Morgan fingerprint density at radius 3 is 2.10 bits per heavy atom. The molecule has 1 aromatic carbocycles. The highest BCUT2D eigenvalue weighted by Gasteiger charge is 2.26. The fraction of sp³-hybridized carbons (Fsp3) is 0.562. The number of rotatable bonds is 6. The molecule has 5 heteroatoms. The molecule has 1 amide bonds. The van der Waals surface area contributed by atoms with Crippen molar-refractivity contribution in [2.24, 2.45) is 5.41 Å². The van der Waals surface area contributed by atoms with Gasteiger partial charge in [0.1, 0.15) is 11.5 Å². The number of carbonyl (C=O) groups excluding carboxylic acids is 1. The highest BCUT2D eigenvalue weighted by Crippen LogP contribution is 2.25. The van der Waals surface area contributed by atoms with Crippen molar-refractivity contribution >= 4 is 5.91 Å². The minimum atomic E-state index is -0.208. The van der Waals surface area contributed by atoms with E-state index in [1.807, 2.05) is 20.8 Å². The van der Waals surface area contributed by atoms with Gasteiger partial charge in [0.25, 0.3) is 5.91 Å². The van der Waals surface area contributed by atoms with Crippen LogP contribution in [0.1, 0.15) is 37.6 Å². The summed E-state index contributed by atoms with van der Waals surface area (Å²) < 4.78 is 10.3. The van der Waals surface area contributed by atoms with Gasteiger partial charge in [0, 0.05) is 24.3 Å². The predicted octanol–water partition coefficient (Wildman–Crippen LogP) is 2.23. The standard InChI is InChI=1S/C16H25NO4/c1-16(2,3)14(6-7-18)17-15(19)11-8-12(20-4)10-13(9-11)21-5/h8-10,14,18H,6-7H2,1-5H3,(H,17,19). The molecule has 0 saturated carbocycles. The molecule has 1 atom stereocenters. The van der Waals surface area contributed by atoms with Gasteiger partial charge in [0.2, 0.25) is 0 Å². The third-order valence-electron chi connectivity index (χ3n) is 3.38. The van der Waals surface area contributed by atoms with Crippen LogP contribution in [0, 0.1) is 5.41 Å². The van der Waals surface area contributed by atoms with E-state index in [-0.39, 0.29) is 24.0 Å². The maximum Gasteiger partial charge on any atom is 0.251 e. The van der Waals surface area contributed by atoms with E-state index < -0.39 is 0 Å². The van der Waals surface area contributed by atoms with Crippen LogP contribution in [0.4, 0.5) is 0 Å². The molecule has 2 N–H and O–H groups in total. The van der Waals surface area contributed by atoms with Crippen molar-refractivity contribution < 1.29 is 19.4 Å². The molecular weight excluding hydrogens is 270 g/mol. The number of amides is 1. The molecule has 0 aliphatic rings. The molecule has 0 radical (unpaired) electrons. The summed E-state index contributed by atoms with van der Waals surface area (Å²) in [6.45, 7) is 6.11. The average Bonchev–Trinajstić information content (AvgIpc) is 2.45. The fourth-order valence-corrected chi connectivity index (χ4v) is 2.03. The number of hydrogen-bond acceptors (Lipinski definition) is 4. The maximum absolute atomic E-state index is 12.4. The predicted molar refractivity (Wildman–Crippen MR) is 82.0 cm³/mol. The van der Waals surface area contributed by atoms with E-state index >= 15 is 0 Å². The molecule has 1 aromatic rings. The monoisotopic (exact) mass is 295 g/mol. The lowest BCUT2D eigenvalue weighted by atomic mass is 9.84. The van der Waals surface area contributed by atoms with Gasteiger partial charge in [-0.1, -0.05) is 20.8 Å². The SMILES string of the molecule is COc1cc(OC)cc(C(=O)NC(CCO)C(C)(C)C)c1. The molecule has 118 valence electrons. The Bertz CT molecular complexity index is 457. The molecule has 0 bridgehead atoms. The molecule has 21 heavy (non-hydrogen) atoms. The first-order chi connectivity index (χ1) is 9.81. The van der Waals surface area contributed by atoms with Crippen LogP contribution in [0.3, 0.4) is 0 Å². The summed E-state index contributed by atoms with van der Waals surface area (Å²) in [5.41, 5.74) is 0.333. The Morgan fingerprint density at radius 2 is 1.71 bits per heavy atom. The second kappa shape index (κ2) is 7.31. The number of aliphatic hydroxyl groups excluding tert-OH is 1. The molecule has 5 nitrogen and oxygen atoms in total. The van der Waals surface area contributed by atoms with Gasteiger partial charge in [-0.05, 0) is 24.0 Å². The highest BCUT2D eigenvalue weighted by atomic mass is 16.5. The lowest BCUT2D eigenvalue weighted by Gasteiger charge is -2.31. The van der Waals surface area contributed by atoms with Crippen molar-refractivity contribution in [2.45, 2.75) is 33.2 Å². The third kappa shape index (κ3) is 4.93. The van der Waals surface area contributed by atoms with Crippen molar-refractivity contribution in [1.29, 1.82) is 0 Å². The summed E-state index contributed by atoms with van der Waals surface area (Å²) in [6, 6.07) is 4.92. The summed E-state index contributed by atoms with van der Waals surface area (Å²) in [4.78, 5) is 12.4. The van der Waals surface area contributed by atoms with E-state index in [9.17, 15) is 4.79 Å². The van der Waals surface area contributed by atoms with E-state index in [0.717, 1.165) is 0 Å². The van der Waals surface area contributed by atoms with Gasteiger partial charge in [0.15, 0.2) is 0 Å². The number of methoxy groups -OCH3 is 2. The van der Waals surface area contributed by atoms with Crippen LogP contribution < -0.4 is 14.8 Å². The van der Waals surface area contributed by atoms with Crippen LogP contribution in [-0.4, -0.2) is 37.9 Å². The topological polar surface area (TPSA) is 67.8 Å². The van der Waals surface area contributed by atoms with Crippen LogP contribution in [0.15, 0.2) is 18.2 Å². The third-order valence-corrected chi connectivity index (χ3v) is 3.38. The molecule has 0 saturated heterocycles. The minimum absolute atomic E-state index is 0.0314. The molecule has 0 fully saturated rings. The second-order valence-electron chi connectivity index (χ2n) is 6.01. The van der Waals surface area contributed by atoms with Crippen LogP contribution in [0.25, 0.3) is 0 Å². The number of ether oxygens (including phenoxy) is 2. The van der Waals surface area contributed by atoms with Gasteiger partial charge >= 0.3 is 0 Å². The van der Waals surface area contributed by atoms with E-state index in [1.54, 1.807) is 32.4 Å². The van der Waals surface area contributed by atoms with Gasteiger partial charge < -0.3 is 19.9 Å². The number of aliphatic hydroxyl groups is 1. The minimum Gasteiger partial charge on any atom is -0.497 e. The lowest BCUT2D eigenvalue weighted by molar-refractivity contribution is 0.0884. The summed E-state index contributed by atoms with van der Waals surface area (Å²) in [5.74, 6) is 0.920. The van der Waals surface area contributed by atoms with E-state index in [0.29, 0.717) is 23.5 Å². The van der Waals surface area contributed by atoms with Crippen molar-refractivity contribution in [3.05, 3.63) is 23.8 Å². The fourth-order valence-electron chi connectivity index (χ4n) is 2.03. The number of benzene rings is 1. The zero-order valence-corrected chi connectivity index (χ0v) is 13.4. The van der Waals surface area contributed by atoms with Crippen molar-refractivity contribution in [3.63, 3.8) is 0 Å². The zero-order chi connectivity index (χ0) is 16.0. The molecule has 0 aromatic heterocycles. The summed E-state index contributed by atoms with van der Waals surface area (Å²) in [6.07, 6.45) is 0.510. The summed E-state index contributed by atoms with van der Waals surface area (Å²) >= 11 is 0. The van der Waals surface area contributed by atoms with Crippen LogP contribution in [0.5, 0.6) is 11.5 Å². The largest absolute Gasteiger partial charge is 0.497 e. The molecule has 1 rings (SSSR count). The Hall–Kier alpha value is -1.75. The zero-order valence-electron chi connectivity index (χ0n) is 13.4.